The first-order valence-electron chi connectivity index (χ1n) is 6.38. The molecule has 108 valence electrons. The predicted molar refractivity (Wildman–Crippen MR) is 75.6 cm³/mol. The fraction of sp³-hybridized carbons (Fsp3) is 0.538. The maximum absolute atomic E-state index is 11.8. The molecule has 0 fully saturated rings. The molecule has 0 spiro atoms. The third-order valence-electron chi connectivity index (χ3n) is 2.53. The predicted octanol–water partition coefficient (Wildman–Crippen LogP) is 1.35. The average Bonchev–Trinajstić information content (AvgIpc) is 2.37. The zero-order chi connectivity index (χ0) is 14.3. The SMILES string of the molecule is CC(C)CCOc1ccc(S(=O)(=O)NCCN)cc1. The van der Waals surface area contributed by atoms with Crippen molar-refractivity contribution >= 4 is 10.0 Å². The van der Waals surface area contributed by atoms with Gasteiger partial charge in [-0.05, 0) is 36.6 Å². The molecule has 0 aliphatic heterocycles. The molecule has 1 aromatic carbocycles. The van der Waals surface area contributed by atoms with Crippen LogP contribution in [0.4, 0.5) is 0 Å². The van der Waals surface area contributed by atoms with E-state index in [2.05, 4.69) is 18.6 Å². The molecule has 0 radical (unpaired) electrons. The lowest BCUT2D eigenvalue weighted by atomic mass is 10.1. The number of hydrogen-bond acceptors (Lipinski definition) is 4. The van der Waals surface area contributed by atoms with Crippen LogP contribution in [0.25, 0.3) is 0 Å². The molecule has 0 saturated heterocycles. The number of ether oxygens (including phenoxy) is 1. The molecule has 0 bridgehead atoms. The number of nitrogens with one attached hydrogen (secondary N) is 1. The van der Waals surface area contributed by atoms with Crippen molar-refractivity contribution in [2.24, 2.45) is 11.7 Å². The minimum Gasteiger partial charge on any atom is -0.494 e. The van der Waals surface area contributed by atoms with E-state index in [4.69, 9.17) is 10.5 Å². The smallest absolute Gasteiger partial charge is 0.240 e. The van der Waals surface area contributed by atoms with Crippen LogP contribution in [0, 0.1) is 5.92 Å². The first-order chi connectivity index (χ1) is 8.95. The van der Waals surface area contributed by atoms with Crippen molar-refractivity contribution in [1.82, 2.24) is 4.72 Å². The lowest BCUT2D eigenvalue weighted by Gasteiger charge is -2.09. The Morgan fingerprint density at radius 3 is 2.42 bits per heavy atom. The highest BCUT2D eigenvalue weighted by Crippen LogP contribution is 2.16. The van der Waals surface area contributed by atoms with E-state index in [1.807, 2.05) is 0 Å². The number of sulfonamides is 1. The van der Waals surface area contributed by atoms with E-state index >= 15 is 0 Å². The van der Waals surface area contributed by atoms with Crippen LogP contribution in [0.2, 0.25) is 0 Å². The summed E-state index contributed by atoms with van der Waals surface area (Å²) in [6.07, 6.45) is 0.970. The highest BCUT2D eigenvalue weighted by atomic mass is 32.2. The summed E-state index contributed by atoms with van der Waals surface area (Å²) in [6.45, 7) is 5.39. The van der Waals surface area contributed by atoms with E-state index in [1.54, 1.807) is 12.1 Å². The monoisotopic (exact) mass is 286 g/mol. The first kappa shape index (κ1) is 15.9. The zero-order valence-electron chi connectivity index (χ0n) is 11.4. The van der Waals surface area contributed by atoms with Crippen LogP contribution >= 0.6 is 0 Å². The summed E-state index contributed by atoms with van der Waals surface area (Å²) in [5.41, 5.74) is 5.27. The molecular weight excluding hydrogens is 264 g/mol. The quantitative estimate of drug-likeness (QED) is 0.756. The zero-order valence-corrected chi connectivity index (χ0v) is 12.2. The van der Waals surface area contributed by atoms with Gasteiger partial charge in [0.15, 0.2) is 0 Å². The fourth-order valence-electron chi connectivity index (χ4n) is 1.40. The molecule has 0 aliphatic rings. The summed E-state index contributed by atoms with van der Waals surface area (Å²) in [5.74, 6) is 1.26. The minimum absolute atomic E-state index is 0.220. The number of benzene rings is 1. The second kappa shape index (κ2) is 7.47. The molecule has 19 heavy (non-hydrogen) atoms. The Labute approximate surface area is 115 Å². The molecule has 1 aromatic rings. The van der Waals surface area contributed by atoms with Crippen molar-refractivity contribution in [3.05, 3.63) is 24.3 Å². The van der Waals surface area contributed by atoms with Crippen LogP contribution in [0.1, 0.15) is 20.3 Å². The summed E-state index contributed by atoms with van der Waals surface area (Å²) in [5, 5.41) is 0. The Morgan fingerprint density at radius 2 is 1.89 bits per heavy atom. The standard InChI is InChI=1S/C13H22N2O3S/c1-11(2)7-10-18-12-3-5-13(6-4-12)19(16,17)15-9-8-14/h3-6,11,15H,7-10,14H2,1-2H3. The van der Waals surface area contributed by atoms with Gasteiger partial charge in [0, 0.05) is 13.1 Å². The van der Waals surface area contributed by atoms with E-state index in [1.165, 1.54) is 12.1 Å². The summed E-state index contributed by atoms with van der Waals surface area (Å²) in [6, 6.07) is 6.39. The van der Waals surface area contributed by atoms with Gasteiger partial charge in [0.2, 0.25) is 10.0 Å². The molecule has 0 saturated carbocycles. The van der Waals surface area contributed by atoms with Gasteiger partial charge < -0.3 is 10.5 Å². The van der Waals surface area contributed by atoms with Gasteiger partial charge in [0.05, 0.1) is 11.5 Å². The second-order valence-corrected chi connectivity index (χ2v) is 6.46. The fourth-order valence-corrected chi connectivity index (χ4v) is 2.45. The van der Waals surface area contributed by atoms with E-state index in [0.717, 1.165) is 6.42 Å². The highest BCUT2D eigenvalue weighted by molar-refractivity contribution is 7.89. The molecule has 3 N–H and O–H groups in total. The van der Waals surface area contributed by atoms with Crippen molar-refractivity contribution < 1.29 is 13.2 Å². The summed E-state index contributed by atoms with van der Waals surface area (Å²) < 4.78 is 31.5. The molecule has 0 unspecified atom stereocenters. The van der Waals surface area contributed by atoms with Crippen LogP contribution < -0.4 is 15.2 Å². The van der Waals surface area contributed by atoms with Gasteiger partial charge in [-0.2, -0.15) is 0 Å². The third kappa shape index (κ3) is 5.59. The lowest BCUT2D eigenvalue weighted by Crippen LogP contribution is -2.29. The maximum Gasteiger partial charge on any atom is 0.240 e. The molecule has 0 amide bonds. The Morgan fingerprint density at radius 1 is 1.26 bits per heavy atom. The molecule has 1 rings (SSSR count). The van der Waals surface area contributed by atoms with Gasteiger partial charge >= 0.3 is 0 Å². The molecular formula is C13H22N2O3S. The molecule has 5 nitrogen and oxygen atoms in total. The Bertz CT molecular complexity index is 469. The van der Waals surface area contributed by atoms with Crippen LogP contribution in [-0.4, -0.2) is 28.1 Å². The molecule has 0 aromatic heterocycles. The van der Waals surface area contributed by atoms with Gasteiger partial charge in [0.1, 0.15) is 5.75 Å². The van der Waals surface area contributed by atoms with Gasteiger partial charge in [-0.3, -0.25) is 0 Å². The van der Waals surface area contributed by atoms with Gasteiger partial charge in [-0.1, -0.05) is 13.8 Å². The Balaban J connectivity index is 2.60. The van der Waals surface area contributed by atoms with Gasteiger partial charge in [0.25, 0.3) is 0 Å². The van der Waals surface area contributed by atoms with Crippen LogP contribution in [0.5, 0.6) is 5.75 Å². The van der Waals surface area contributed by atoms with E-state index in [9.17, 15) is 8.42 Å². The summed E-state index contributed by atoms with van der Waals surface area (Å²) in [4.78, 5) is 0.220. The Kier molecular flexibility index (Phi) is 6.27. The van der Waals surface area contributed by atoms with Crippen LogP contribution in [0.3, 0.4) is 0 Å². The molecule has 0 aliphatic carbocycles. The van der Waals surface area contributed by atoms with E-state index in [-0.39, 0.29) is 18.0 Å². The molecule has 0 heterocycles. The van der Waals surface area contributed by atoms with Crippen LogP contribution in [0.15, 0.2) is 29.2 Å². The highest BCUT2D eigenvalue weighted by Gasteiger charge is 2.12. The minimum atomic E-state index is -3.46. The lowest BCUT2D eigenvalue weighted by molar-refractivity contribution is 0.289. The normalized spacial score (nSPS) is 11.8. The molecule has 0 atom stereocenters. The topological polar surface area (TPSA) is 81.4 Å². The second-order valence-electron chi connectivity index (χ2n) is 4.69. The summed E-state index contributed by atoms with van der Waals surface area (Å²) >= 11 is 0. The van der Waals surface area contributed by atoms with Crippen molar-refractivity contribution in [3.63, 3.8) is 0 Å². The first-order valence-corrected chi connectivity index (χ1v) is 7.86. The van der Waals surface area contributed by atoms with E-state index in [0.29, 0.717) is 18.3 Å². The summed E-state index contributed by atoms with van der Waals surface area (Å²) in [7, 11) is -3.46. The van der Waals surface area contributed by atoms with Gasteiger partial charge in [-0.25, -0.2) is 13.1 Å². The third-order valence-corrected chi connectivity index (χ3v) is 4.01. The van der Waals surface area contributed by atoms with E-state index < -0.39 is 10.0 Å². The van der Waals surface area contributed by atoms with Crippen LogP contribution in [-0.2, 0) is 10.0 Å². The Hall–Kier alpha value is -1.11. The maximum atomic E-state index is 11.8. The van der Waals surface area contributed by atoms with Crippen molar-refractivity contribution in [3.8, 4) is 5.75 Å². The number of nitrogens with two attached hydrogens (primary N) is 1. The average molecular weight is 286 g/mol. The van der Waals surface area contributed by atoms with Gasteiger partial charge in [-0.15, -0.1) is 0 Å². The number of rotatable bonds is 8. The van der Waals surface area contributed by atoms with Crippen molar-refractivity contribution in [1.29, 1.82) is 0 Å². The van der Waals surface area contributed by atoms with Crippen molar-refractivity contribution in [2.45, 2.75) is 25.2 Å². The molecule has 6 heteroatoms. The number of hydrogen-bond donors (Lipinski definition) is 2. The van der Waals surface area contributed by atoms with Crippen molar-refractivity contribution in [2.75, 3.05) is 19.7 Å². The largest absolute Gasteiger partial charge is 0.494 e.